The minimum atomic E-state index is 0.846. The molecule has 88 valence electrons. The standard InChI is InChI=1S/C17H14O/c1-2-6-14-12(4-1)7-10-16-15(14)9-8-13-5-3-11-18-17(13)16/h1-2,4,6-10H,3,5,11H2. The molecule has 4 rings (SSSR count). The van der Waals surface area contributed by atoms with E-state index in [1.54, 1.807) is 0 Å². The Bertz CT molecular complexity index is 743. The van der Waals surface area contributed by atoms with Crippen molar-refractivity contribution in [2.45, 2.75) is 12.8 Å². The molecule has 1 nitrogen and oxygen atoms in total. The van der Waals surface area contributed by atoms with Gasteiger partial charge in [0.1, 0.15) is 5.75 Å². The van der Waals surface area contributed by atoms with Crippen molar-refractivity contribution in [2.75, 3.05) is 6.61 Å². The van der Waals surface area contributed by atoms with E-state index in [1.165, 1.54) is 27.1 Å². The van der Waals surface area contributed by atoms with Gasteiger partial charge in [0.2, 0.25) is 0 Å². The van der Waals surface area contributed by atoms with E-state index in [1.807, 2.05) is 0 Å². The summed E-state index contributed by atoms with van der Waals surface area (Å²) in [6.45, 7) is 0.846. The quantitative estimate of drug-likeness (QED) is 0.526. The Labute approximate surface area is 106 Å². The zero-order valence-corrected chi connectivity index (χ0v) is 10.1. The summed E-state index contributed by atoms with van der Waals surface area (Å²) in [6, 6.07) is 17.4. The molecule has 1 aliphatic rings. The molecule has 3 aromatic rings. The van der Waals surface area contributed by atoms with E-state index in [4.69, 9.17) is 4.74 Å². The van der Waals surface area contributed by atoms with Crippen molar-refractivity contribution in [3.8, 4) is 5.75 Å². The number of hydrogen-bond donors (Lipinski definition) is 0. The first-order valence-electron chi connectivity index (χ1n) is 6.50. The van der Waals surface area contributed by atoms with Crippen molar-refractivity contribution in [1.29, 1.82) is 0 Å². The van der Waals surface area contributed by atoms with Gasteiger partial charge in [0.05, 0.1) is 6.61 Å². The molecule has 0 amide bonds. The van der Waals surface area contributed by atoms with Crippen LogP contribution in [0.3, 0.4) is 0 Å². The van der Waals surface area contributed by atoms with Crippen molar-refractivity contribution in [3.05, 3.63) is 54.1 Å². The molecular weight excluding hydrogens is 220 g/mol. The molecule has 1 aliphatic heterocycles. The van der Waals surface area contributed by atoms with Crippen molar-refractivity contribution >= 4 is 21.5 Å². The maximum atomic E-state index is 5.89. The van der Waals surface area contributed by atoms with Crippen LogP contribution in [0.4, 0.5) is 0 Å². The van der Waals surface area contributed by atoms with Gasteiger partial charge in [-0.3, -0.25) is 0 Å². The van der Waals surface area contributed by atoms with Gasteiger partial charge in [-0.15, -0.1) is 0 Å². The Hall–Kier alpha value is -2.02. The van der Waals surface area contributed by atoms with Crippen LogP contribution >= 0.6 is 0 Å². The zero-order valence-electron chi connectivity index (χ0n) is 10.1. The molecule has 0 aromatic heterocycles. The van der Waals surface area contributed by atoms with Crippen LogP contribution in [0, 0.1) is 0 Å². The maximum absolute atomic E-state index is 5.89. The first-order chi connectivity index (χ1) is 8.93. The predicted octanol–water partition coefficient (Wildman–Crippen LogP) is 4.32. The van der Waals surface area contributed by atoms with Gasteiger partial charge in [-0.1, -0.05) is 48.5 Å². The van der Waals surface area contributed by atoms with Crippen molar-refractivity contribution in [1.82, 2.24) is 0 Å². The van der Waals surface area contributed by atoms with Gasteiger partial charge in [-0.25, -0.2) is 0 Å². The van der Waals surface area contributed by atoms with Gasteiger partial charge in [0.15, 0.2) is 0 Å². The molecule has 1 heterocycles. The third-order valence-corrected chi connectivity index (χ3v) is 3.80. The van der Waals surface area contributed by atoms with Gasteiger partial charge in [0.25, 0.3) is 0 Å². The van der Waals surface area contributed by atoms with Gasteiger partial charge in [0, 0.05) is 5.39 Å². The van der Waals surface area contributed by atoms with Crippen LogP contribution in [0.5, 0.6) is 5.75 Å². The third kappa shape index (κ3) is 1.34. The number of benzene rings is 3. The lowest BCUT2D eigenvalue weighted by molar-refractivity contribution is 0.292. The molecule has 0 unspecified atom stereocenters. The number of fused-ring (bicyclic) bond motifs is 5. The van der Waals surface area contributed by atoms with Crippen LogP contribution in [0.2, 0.25) is 0 Å². The summed E-state index contributed by atoms with van der Waals surface area (Å²) in [6.07, 6.45) is 2.27. The van der Waals surface area contributed by atoms with Crippen LogP contribution < -0.4 is 4.74 Å². The van der Waals surface area contributed by atoms with Crippen molar-refractivity contribution in [2.24, 2.45) is 0 Å². The molecule has 3 aromatic carbocycles. The molecule has 18 heavy (non-hydrogen) atoms. The Kier molecular flexibility index (Phi) is 2.07. The molecule has 0 N–H and O–H groups in total. The monoisotopic (exact) mass is 234 g/mol. The van der Waals surface area contributed by atoms with E-state index in [0.717, 1.165) is 25.2 Å². The highest BCUT2D eigenvalue weighted by Gasteiger charge is 2.14. The van der Waals surface area contributed by atoms with Gasteiger partial charge >= 0.3 is 0 Å². The summed E-state index contributed by atoms with van der Waals surface area (Å²) in [5, 5.41) is 5.16. The highest BCUT2D eigenvalue weighted by atomic mass is 16.5. The second-order valence-electron chi connectivity index (χ2n) is 4.89. The smallest absolute Gasteiger partial charge is 0.130 e. The summed E-state index contributed by atoms with van der Waals surface area (Å²) in [4.78, 5) is 0. The molecule has 1 heteroatoms. The Morgan fingerprint density at radius 3 is 2.67 bits per heavy atom. The fourth-order valence-electron chi connectivity index (χ4n) is 2.91. The summed E-state index contributed by atoms with van der Waals surface area (Å²) < 4.78 is 5.89. The fourth-order valence-corrected chi connectivity index (χ4v) is 2.91. The highest BCUT2D eigenvalue weighted by Crippen LogP contribution is 2.36. The first-order valence-corrected chi connectivity index (χ1v) is 6.50. The average Bonchev–Trinajstić information content (AvgIpc) is 2.46. The normalized spacial score (nSPS) is 14.4. The van der Waals surface area contributed by atoms with Crippen molar-refractivity contribution in [3.63, 3.8) is 0 Å². The first kappa shape index (κ1) is 9.95. The minimum absolute atomic E-state index is 0.846. The summed E-state index contributed by atoms with van der Waals surface area (Å²) in [5.74, 6) is 1.10. The van der Waals surface area contributed by atoms with Crippen LogP contribution in [-0.4, -0.2) is 6.61 Å². The predicted molar refractivity (Wildman–Crippen MR) is 75.3 cm³/mol. The van der Waals surface area contributed by atoms with E-state index in [-0.39, 0.29) is 0 Å². The topological polar surface area (TPSA) is 9.23 Å². The van der Waals surface area contributed by atoms with Gasteiger partial charge in [-0.05, 0) is 34.6 Å². The Balaban J connectivity index is 2.15. The molecular formula is C17H14O. The van der Waals surface area contributed by atoms with Crippen LogP contribution in [-0.2, 0) is 6.42 Å². The lowest BCUT2D eigenvalue weighted by atomic mass is 9.96. The average molecular weight is 234 g/mol. The zero-order chi connectivity index (χ0) is 11.9. The highest BCUT2D eigenvalue weighted by molar-refractivity contribution is 6.09. The Morgan fingerprint density at radius 2 is 1.67 bits per heavy atom. The molecule has 0 spiro atoms. The molecule has 0 saturated carbocycles. The largest absolute Gasteiger partial charge is 0.493 e. The summed E-state index contributed by atoms with van der Waals surface area (Å²) in [7, 11) is 0. The van der Waals surface area contributed by atoms with E-state index in [9.17, 15) is 0 Å². The fraction of sp³-hybridized carbons (Fsp3) is 0.176. The lowest BCUT2D eigenvalue weighted by Crippen LogP contribution is -2.08. The molecule has 0 radical (unpaired) electrons. The van der Waals surface area contributed by atoms with E-state index < -0.39 is 0 Å². The Morgan fingerprint density at radius 1 is 0.778 bits per heavy atom. The number of rotatable bonds is 0. The molecule has 0 saturated heterocycles. The van der Waals surface area contributed by atoms with Crippen molar-refractivity contribution < 1.29 is 4.74 Å². The number of ether oxygens (including phenoxy) is 1. The van der Waals surface area contributed by atoms with Crippen LogP contribution in [0.1, 0.15) is 12.0 Å². The SMILES string of the molecule is c1ccc2c(c1)ccc1c3c(ccc12)CCCO3. The molecule has 0 aliphatic carbocycles. The van der Waals surface area contributed by atoms with Gasteiger partial charge in [-0.2, -0.15) is 0 Å². The minimum Gasteiger partial charge on any atom is -0.493 e. The van der Waals surface area contributed by atoms with E-state index >= 15 is 0 Å². The summed E-state index contributed by atoms with van der Waals surface area (Å²) >= 11 is 0. The molecule has 0 atom stereocenters. The third-order valence-electron chi connectivity index (χ3n) is 3.80. The number of aryl methyl sites for hydroxylation is 1. The van der Waals surface area contributed by atoms with Crippen LogP contribution in [0.15, 0.2) is 48.5 Å². The summed E-state index contributed by atoms with van der Waals surface area (Å²) in [5.41, 5.74) is 1.35. The van der Waals surface area contributed by atoms with E-state index in [0.29, 0.717) is 0 Å². The van der Waals surface area contributed by atoms with Gasteiger partial charge < -0.3 is 4.74 Å². The van der Waals surface area contributed by atoms with Crippen LogP contribution in [0.25, 0.3) is 21.5 Å². The second kappa shape index (κ2) is 3.74. The van der Waals surface area contributed by atoms with E-state index in [2.05, 4.69) is 48.5 Å². The maximum Gasteiger partial charge on any atom is 0.130 e. The second-order valence-corrected chi connectivity index (χ2v) is 4.89. The number of hydrogen-bond acceptors (Lipinski definition) is 1. The molecule has 0 fully saturated rings. The lowest BCUT2D eigenvalue weighted by Gasteiger charge is -2.19. The molecule has 0 bridgehead atoms.